The lowest BCUT2D eigenvalue weighted by Gasteiger charge is -2.14. The van der Waals surface area contributed by atoms with Crippen molar-refractivity contribution in [3.8, 4) is 0 Å². The molecule has 0 fully saturated rings. The maximum atomic E-state index is 11.7. The Labute approximate surface area is 182 Å². The zero-order valence-corrected chi connectivity index (χ0v) is 18.9. The number of hydrogen-bond acceptors (Lipinski definition) is 5. The molecule has 0 aliphatic rings. The predicted octanol–water partition coefficient (Wildman–Crippen LogP) is 6.79. The number of halogens is 1. The number of unbranched alkanes of at least 4 members (excludes halogenated alkanes) is 5. The topological polar surface area (TPSA) is 75.1 Å². The van der Waals surface area contributed by atoms with E-state index in [1.165, 1.54) is 36.6 Å². The van der Waals surface area contributed by atoms with Gasteiger partial charge in [-0.2, -0.15) is 0 Å². The molecule has 1 atom stereocenters. The summed E-state index contributed by atoms with van der Waals surface area (Å²) in [6, 6.07) is 7.65. The van der Waals surface area contributed by atoms with Gasteiger partial charge in [0.15, 0.2) is 5.16 Å². The van der Waals surface area contributed by atoms with E-state index in [9.17, 15) is 9.90 Å². The highest BCUT2D eigenvalue weighted by Gasteiger charge is 2.21. The van der Waals surface area contributed by atoms with E-state index in [1.807, 2.05) is 19.1 Å². The third kappa shape index (κ3) is 7.86. The zero-order chi connectivity index (χ0) is 21.2. The first kappa shape index (κ1) is 23.5. The van der Waals surface area contributed by atoms with Crippen LogP contribution in [0.1, 0.15) is 63.0 Å². The van der Waals surface area contributed by atoms with E-state index >= 15 is 0 Å². The Balaban J connectivity index is 2.03. The van der Waals surface area contributed by atoms with Crippen LogP contribution in [0.3, 0.4) is 0 Å². The van der Waals surface area contributed by atoms with Crippen molar-refractivity contribution in [2.45, 2.75) is 76.1 Å². The van der Waals surface area contributed by atoms with Gasteiger partial charge in [0.2, 0.25) is 0 Å². The molecule has 0 spiro atoms. The van der Waals surface area contributed by atoms with Crippen LogP contribution in [0.4, 0.5) is 11.5 Å². The number of carboxylic acids is 1. The van der Waals surface area contributed by atoms with Crippen molar-refractivity contribution in [2.75, 3.05) is 5.32 Å². The molecule has 2 rings (SSSR count). The number of anilines is 2. The van der Waals surface area contributed by atoms with Gasteiger partial charge in [0.25, 0.3) is 0 Å². The van der Waals surface area contributed by atoms with Crippen LogP contribution in [-0.2, 0) is 4.79 Å². The Morgan fingerprint density at radius 2 is 1.90 bits per heavy atom. The van der Waals surface area contributed by atoms with Gasteiger partial charge >= 0.3 is 5.97 Å². The van der Waals surface area contributed by atoms with Crippen LogP contribution in [-0.4, -0.2) is 26.3 Å². The second-order valence-corrected chi connectivity index (χ2v) is 8.79. The standard InChI is InChI=1S/C22H30ClN3O2S/c1-4-5-6-7-8-9-13-18(21(27)28)29-22-25-19(23)14-20(26-22)24-17-12-10-11-15(2)16(17)3/h10-12,14,18H,4-9,13H2,1-3H3,(H,27,28)(H,24,25,26). The molecule has 29 heavy (non-hydrogen) atoms. The average Bonchev–Trinajstić information content (AvgIpc) is 2.66. The molecular formula is C22H30ClN3O2S. The molecule has 7 heteroatoms. The van der Waals surface area contributed by atoms with Crippen molar-refractivity contribution in [2.24, 2.45) is 0 Å². The molecule has 0 radical (unpaired) electrons. The molecule has 0 amide bonds. The minimum Gasteiger partial charge on any atom is -0.480 e. The molecular weight excluding hydrogens is 406 g/mol. The fourth-order valence-corrected chi connectivity index (χ4v) is 4.18. The highest BCUT2D eigenvalue weighted by Crippen LogP contribution is 2.29. The Kier molecular flexibility index (Phi) is 9.74. The third-order valence-corrected chi connectivity index (χ3v) is 6.19. The molecule has 5 nitrogen and oxygen atoms in total. The largest absolute Gasteiger partial charge is 0.480 e. The second kappa shape index (κ2) is 12.0. The Morgan fingerprint density at radius 1 is 1.17 bits per heavy atom. The summed E-state index contributed by atoms with van der Waals surface area (Å²) in [5, 5.41) is 13.0. The Morgan fingerprint density at radius 3 is 2.62 bits per heavy atom. The van der Waals surface area contributed by atoms with Gasteiger partial charge in [-0.3, -0.25) is 4.79 Å². The lowest BCUT2D eigenvalue weighted by atomic mass is 10.1. The van der Waals surface area contributed by atoms with Crippen LogP contribution in [0.25, 0.3) is 0 Å². The highest BCUT2D eigenvalue weighted by molar-refractivity contribution is 8.00. The number of thioether (sulfide) groups is 1. The SMILES string of the molecule is CCCCCCCCC(Sc1nc(Cl)cc(Nc2cccc(C)c2C)n1)C(=O)O. The van der Waals surface area contributed by atoms with Gasteiger partial charge in [0, 0.05) is 11.8 Å². The van der Waals surface area contributed by atoms with Crippen LogP contribution in [0.2, 0.25) is 5.15 Å². The summed E-state index contributed by atoms with van der Waals surface area (Å²) in [6.07, 6.45) is 7.36. The number of nitrogens with one attached hydrogen (secondary N) is 1. The minimum atomic E-state index is -0.837. The van der Waals surface area contributed by atoms with Crippen molar-refractivity contribution < 1.29 is 9.90 Å². The number of rotatable bonds is 12. The van der Waals surface area contributed by atoms with E-state index in [4.69, 9.17) is 11.6 Å². The number of hydrogen-bond donors (Lipinski definition) is 2. The van der Waals surface area contributed by atoms with Crippen LogP contribution in [0.15, 0.2) is 29.4 Å². The first-order valence-corrected chi connectivity index (χ1v) is 11.4. The van der Waals surface area contributed by atoms with Crippen molar-refractivity contribution >= 4 is 40.8 Å². The third-order valence-electron chi connectivity index (χ3n) is 4.88. The molecule has 0 bridgehead atoms. The summed E-state index contributed by atoms with van der Waals surface area (Å²) in [4.78, 5) is 20.4. The minimum absolute atomic E-state index is 0.291. The maximum Gasteiger partial charge on any atom is 0.317 e. The molecule has 158 valence electrons. The number of carboxylic acid groups (broad SMARTS) is 1. The van der Waals surface area contributed by atoms with Gasteiger partial charge in [-0.15, -0.1) is 0 Å². The molecule has 0 saturated heterocycles. The highest BCUT2D eigenvalue weighted by atomic mass is 35.5. The average molecular weight is 436 g/mol. The van der Waals surface area contributed by atoms with Crippen molar-refractivity contribution in [3.05, 3.63) is 40.5 Å². The first-order chi connectivity index (χ1) is 13.9. The smallest absolute Gasteiger partial charge is 0.317 e. The van der Waals surface area contributed by atoms with Gasteiger partial charge in [-0.1, -0.05) is 80.9 Å². The van der Waals surface area contributed by atoms with Crippen LogP contribution in [0, 0.1) is 13.8 Å². The van der Waals surface area contributed by atoms with Gasteiger partial charge in [0.05, 0.1) is 0 Å². The number of aliphatic carboxylic acids is 1. The summed E-state index contributed by atoms with van der Waals surface area (Å²) in [7, 11) is 0. The zero-order valence-electron chi connectivity index (χ0n) is 17.4. The molecule has 2 aromatic rings. The van der Waals surface area contributed by atoms with Gasteiger partial charge in [-0.25, -0.2) is 9.97 Å². The summed E-state index contributed by atoms with van der Waals surface area (Å²) in [5.74, 6) is -0.277. The number of nitrogens with zero attached hydrogens (tertiary/aromatic N) is 2. The van der Waals surface area contributed by atoms with E-state index < -0.39 is 11.2 Å². The molecule has 2 N–H and O–H groups in total. The first-order valence-electron chi connectivity index (χ1n) is 10.2. The quantitative estimate of drug-likeness (QED) is 0.165. The summed E-state index contributed by atoms with van der Waals surface area (Å²) < 4.78 is 0. The fourth-order valence-electron chi connectivity index (χ4n) is 3.01. The van der Waals surface area contributed by atoms with Crippen molar-refractivity contribution in [3.63, 3.8) is 0 Å². The van der Waals surface area contributed by atoms with E-state index in [0.29, 0.717) is 22.5 Å². The van der Waals surface area contributed by atoms with E-state index in [-0.39, 0.29) is 0 Å². The summed E-state index contributed by atoms with van der Waals surface area (Å²) in [6.45, 7) is 6.27. The molecule has 0 aliphatic carbocycles. The molecule has 1 heterocycles. The monoisotopic (exact) mass is 435 g/mol. The molecule has 0 saturated carbocycles. The molecule has 1 aromatic heterocycles. The fraction of sp³-hybridized carbons (Fsp3) is 0.500. The molecule has 0 aliphatic heterocycles. The molecule has 1 unspecified atom stereocenters. The van der Waals surface area contributed by atoms with Crippen LogP contribution in [0.5, 0.6) is 0 Å². The van der Waals surface area contributed by atoms with E-state index in [0.717, 1.165) is 30.5 Å². The number of aromatic nitrogens is 2. The van der Waals surface area contributed by atoms with Crippen LogP contribution < -0.4 is 5.32 Å². The van der Waals surface area contributed by atoms with Crippen molar-refractivity contribution in [1.82, 2.24) is 9.97 Å². The molecule has 1 aromatic carbocycles. The summed E-state index contributed by atoms with van der Waals surface area (Å²) >= 11 is 7.34. The summed E-state index contributed by atoms with van der Waals surface area (Å²) in [5.41, 5.74) is 3.25. The number of aryl methyl sites for hydroxylation is 1. The number of benzene rings is 1. The number of carbonyl (C=O) groups is 1. The van der Waals surface area contributed by atoms with Crippen LogP contribution >= 0.6 is 23.4 Å². The van der Waals surface area contributed by atoms with E-state index in [2.05, 4.69) is 35.2 Å². The predicted molar refractivity (Wildman–Crippen MR) is 122 cm³/mol. The Hall–Kier alpha value is -1.79. The van der Waals surface area contributed by atoms with Gasteiger partial charge in [0.1, 0.15) is 16.2 Å². The normalized spacial score (nSPS) is 12.0. The Bertz CT molecular complexity index is 817. The van der Waals surface area contributed by atoms with E-state index in [1.54, 1.807) is 6.07 Å². The second-order valence-electron chi connectivity index (χ2n) is 7.23. The van der Waals surface area contributed by atoms with Crippen molar-refractivity contribution in [1.29, 1.82) is 0 Å². The maximum absolute atomic E-state index is 11.7. The lowest BCUT2D eigenvalue weighted by molar-refractivity contribution is -0.136. The van der Waals surface area contributed by atoms with Gasteiger partial charge < -0.3 is 10.4 Å². The lowest BCUT2D eigenvalue weighted by Crippen LogP contribution is -2.17. The van der Waals surface area contributed by atoms with Gasteiger partial charge in [-0.05, 0) is 37.5 Å².